The molecule has 1 unspecified atom stereocenters. The topological polar surface area (TPSA) is 49.0 Å². The first-order chi connectivity index (χ1) is 12.4. The second kappa shape index (κ2) is 6.46. The molecule has 6 heteroatoms. The quantitative estimate of drug-likeness (QED) is 0.495. The summed E-state index contributed by atoms with van der Waals surface area (Å²) in [5.74, 6) is 0. The zero-order valence-electron chi connectivity index (χ0n) is 13.6. The van der Waals surface area contributed by atoms with Crippen LogP contribution in [0.2, 0.25) is 0 Å². The number of hydrogen-bond donors (Lipinski definition) is 3. The van der Waals surface area contributed by atoms with Crippen molar-refractivity contribution in [1.82, 2.24) is 15.6 Å². The standard InChI is InChI=1S/C19H18N4S2/c1-2-4-17-13(3-1)22-14-9-12(5-6-18(14)25-17)16-11-24-19(23-16)15-10-20-7-8-21-15/h1-6,9,11,15,20-22H,7-8,10H2. The molecule has 1 fully saturated rings. The molecule has 2 aliphatic heterocycles. The summed E-state index contributed by atoms with van der Waals surface area (Å²) in [6, 6.07) is 15.3. The van der Waals surface area contributed by atoms with Gasteiger partial charge in [0.1, 0.15) is 5.01 Å². The second-order valence-corrected chi connectivity index (χ2v) is 8.19. The summed E-state index contributed by atoms with van der Waals surface area (Å²) < 4.78 is 0. The second-order valence-electron chi connectivity index (χ2n) is 6.22. The Balaban J connectivity index is 1.43. The molecule has 25 heavy (non-hydrogen) atoms. The molecule has 0 spiro atoms. The molecule has 1 aromatic heterocycles. The van der Waals surface area contributed by atoms with E-state index in [1.54, 1.807) is 11.3 Å². The van der Waals surface area contributed by atoms with E-state index in [2.05, 4.69) is 63.8 Å². The van der Waals surface area contributed by atoms with Crippen LogP contribution in [0.5, 0.6) is 0 Å². The Bertz CT molecular complexity index is 915. The van der Waals surface area contributed by atoms with Crippen LogP contribution in [0, 0.1) is 0 Å². The Hall–Kier alpha value is -1.86. The van der Waals surface area contributed by atoms with Gasteiger partial charge in [0.2, 0.25) is 0 Å². The maximum absolute atomic E-state index is 4.88. The van der Waals surface area contributed by atoms with Crippen LogP contribution in [0.3, 0.4) is 0 Å². The number of hydrogen-bond acceptors (Lipinski definition) is 6. The summed E-state index contributed by atoms with van der Waals surface area (Å²) >= 11 is 3.55. The van der Waals surface area contributed by atoms with E-state index in [1.807, 2.05) is 11.8 Å². The van der Waals surface area contributed by atoms with Crippen molar-refractivity contribution >= 4 is 34.5 Å². The smallest absolute Gasteiger partial charge is 0.112 e. The molecule has 2 aliphatic rings. The minimum atomic E-state index is 0.325. The third-order valence-corrected chi connectivity index (χ3v) is 6.62. The molecule has 3 aromatic rings. The van der Waals surface area contributed by atoms with Crippen molar-refractivity contribution in [3.8, 4) is 11.3 Å². The maximum Gasteiger partial charge on any atom is 0.112 e. The van der Waals surface area contributed by atoms with Gasteiger partial charge < -0.3 is 16.0 Å². The summed E-state index contributed by atoms with van der Waals surface area (Å²) in [5, 5.41) is 13.8. The largest absolute Gasteiger partial charge is 0.354 e. The Morgan fingerprint density at radius 1 is 1.00 bits per heavy atom. The van der Waals surface area contributed by atoms with Crippen molar-refractivity contribution in [2.45, 2.75) is 15.8 Å². The van der Waals surface area contributed by atoms with Crippen molar-refractivity contribution < 1.29 is 0 Å². The third kappa shape index (κ3) is 2.95. The predicted octanol–water partition coefficient (Wildman–Crippen LogP) is 4.25. The van der Waals surface area contributed by atoms with Crippen molar-refractivity contribution in [2.75, 3.05) is 25.0 Å². The zero-order valence-corrected chi connectivity index (χ0v) is 15.2. The number of benzene rings is 2. The number of nitrogens with zero attached hydrogens (tertiary/aromatic N) is 1. The molecule has 0 amide bonds. The molecule has 0 bridgehead atoms. The molecular weight excluding hydrogens is 348 g/mol. The lowest BCUT2D eigenvalue weighted by Gasteiger charge is -2.22. The molecule has 0 aliphatic carbocycles. The van der Waals surface area contributed by atoms with Crippen LogP contribution in [-0.2, 0) is 0 Å². The van der Waals surface area contributed by atoms with E-state index in [4.69, 9.17) is 4.98 Å². The average molecular weight is 367 g/mol. The lowest BCUT2D eigenvalue weighted by atomic mass is 10.1. The van der Waals surface area contributed by atoms with E-state index in [-0.39, 0.29) is 0 Å². The number of thiazole rings is 1. The zero-order chi connectivity index (χ0) is 16.6. The number of anilines is 2. The van der Waals surface area contributed by atoms with Crippen LogP contribution in [-0.4, -0.2) is 24.6 Å². The number of piperazine rings is 1. The first kappa shape index (κ1) is 15.4. The molecule has 0 saturated carbocycles. The van der Waals surface area contributed by atoms with E-state index >= 15 is 0 Å². The lowest BCUT2D eigenvalue weighted by molar-refractivity contribution is 0.429. The summed E-state index contributed by atoms with van der Waals surface area (Å²) in [7, 11) is 0. The molecule has 1 saturated heterocycles. The highest BCUT2D eigenvalue weighted by molar-refractivity contribution is 7.99. The van der Waals surface area contributed by atoms with E-state index in [9.17, 15) is 0 Å². The normalized spacial score (nSPS) is 19.0. The van der Waals surface area contributed by atoms with Gasteiger partial charge in [-0.05, 0) is 24.3 Å². The summed E-state index contributed by atoms with van der Waals surface area (Å²) in [4.78, 5) is 7.41. The van der Waals surface area contributed by atoms with E-state index in [0.29, 0.717) is 6.04 Å². The molecule has 1 atom stereocenters. The third-order valence-electron chi connectivity index (χ3n) is 4.51. The monoisotopic (exact) mass is 366 g/mol. The highest BCUT2D eigenvalue weighted by Gasteiger charge is 2.19. The van der Waals surface area contributed by atoms with Crippen molar-refractivity contribution in [3.05, 3.63) is 52.9 Å². The number of fused-ring (bicyclic) bond motifs is 2. The number of aromatic nitrogens is 1. The van der Waals surface area contributed by atoms with Crippen LogP contribution in [0.1, 0.15) is 11.0 Å². The maximum atomic E-state index is 4.88. The van der Waals surface area contributed by atoms with E-state index in [0.717, 1.165) is 41.6 Å². The SMILES string of the molecule is c1ccc2c(c1)Nc1cc(-c3csc(C4CNCCN4)n3)ccc1S2. The Morgan fingerprint density at radius 2 is 1.92 bits per heavy atom. The van der Waals surface area contributed by atoms with Crippen LogP contribution in [0.25, 0.3) is 11.3 Å². The Morgan fingerprint density at radius 3 is 2.84 bits per heavy atom. The highest BCUT2D eigenvalue weighted by atomic mass is 32.2. The Kier molecular flexibility index (Phi) is 3.98. The number of nitrogens with one attached hydrogen (secondary N) is 3. The van der Waals surface area contributed by atoms with Crippen molar-refractivity contribution in [3.63, 3.8) is 0 Å². The van der Waals surface area contributed by atoms with Gasteiger partial charge >= 0.3 is 0 Å². The van der Waals surface area contributed by atoms with Gasteiger partial charge in [-0.3, -0.25) is 0 Å². The minimum absolute atomic E-state index is 0.325. The van der Waals surface area contributed by atoms with Crippen LogP contribution < -0.4 is 16.0 Å². The molecule has 5 rings (SSSR count). The fourth-order valence-corrected chi connectivity index (χ4v) is 5.08. The summed E-state index contributed by atoms with van der Waals surface area (Å²) in [5.41, 5.74) is 4.56. The predicted molar refractivity (Wildman–Crippen MR) is 105 cm³/mol. The molecule has 126 valence electrons. The molecule has 2 aromatic carbocycles. The molecule has 4 nitrogen and oxygen atoms in total. The van der Waals surface area contributed by atoms with Gasteiger partial charge in [-0.15, -0.1) is 11.3 Å². The molecule has 0 radical (unpaired) electrons. The van der Waals surface area contributed by atoms with Gasteiger partial charge in [-0.1, -0.05) is 30.0 Å². The number of rotatable bonds is 2. The van der Waals surface area contributed by atoms with Crippen molar-refractivity contribution in [1.29, 1.82) is 0 Å². The molecule has 3 heterocycles. The number of para-hydroxylation sites is 1. The van der Waals surface area contributed by atoms with Gasteiger partial charge in [0, 0.05) is 40.4 Å². The van der Waals surface area contributed by atoms with Gasteiger partial charge in [0.25, 0.3) is 0 Å². The highest BCUT2D eigenvalue weighted by Crippen LogP contribution is 2.45. The fourth-order valence-electron chi connectivity index (χ4n) is 3.21. The van der Waals surface area contributed by atoms with Gasteiger partial charge in [-0.2, -0.15) is 0 Å². The molecule has 3 N–H and O–H groups in total. The Labute approximate surface area is 155 Å². The lowest BCUT2D eigenvalue weighted by Crippen LogP contribution is -2.42. The summed E-state index contributed by atoms with van der Waals surface area (Å²) in [6.07, 6.45) is 0. The van der Waals surface area contributed by atoms with Crippen LogP contribution in [0.15, 0.2) is 57.6 Å². The molecular formula is C19H18N4S2. The average Bonchev–Trinajstić information content (AvgIpc) is 3.17. The van der Waals surface area contributed by atoms with Gasteiger partial charge in [0.05, 0.1) is 23.1 Å². The van der Waals surface area contributed by atoms with E-state index < -0.39 is 0 Å². The van der Waals surface area contributed by atoms with E-state index in [1.165, 1.54) is 15.5 Å². The first-order valence-electron chi connectivity index (χ1n) is 8.45. The van der Waals surface area contributed by atoms with Gasteiger partial charge in [-0.25, -0.2) is 4.98 Å². The summed E-state index contributed by atoms with van der Waals surface area (Å²) in [6.45, 7) is 2.98. The van der Waals surface area contributed by atoms with Crippen LogP contribution in [0.4, 0.5) is 11.4 Å². The first-order valence-corrected chi connectivity index (χ1v) is 10.1. The van der Waals surface area contributed by atoms with Crippen LogP contribution >= 0.6 is 23.1 Å². The minimum Gasteiger partial charge on any atom is -0.354 e. The fraction of sp³-hybridized carbons (Fsp3) is 0.211. The van der Waals surface area contributed by atoms with Crippen molar-refractivity contribution in [2.24, 2.45) is 0 Å². The van der Waals surface area contributed by atoms with Gasteiger partial charge in [0.15, 0.2) is 0 Å².